The van der Waals surface area contributed by atoms with E-state index in [2.05, 4.69) is 11.8 Å². The van der Waals surface area contributed by atoms with Crippen LogP contribution in [0, 0.1) is 0 Å². The molecule has 1 atom stereocenters. The van der Waals surface area contributed by atoms with Gasteiger partial charge in [0.05, 0.1) is 12.6 Å². The molecule has 0 fully saturated rings. The van der Waals surface area contributed by atoms with Gasteiger partial charge < -0.3 is 5.11 Å². The lowest BCUT2D eigenvalue weighted by Crippen LogP contribution is -2.43. The molecule has 0 aromatic heterocycles. The number of unbranched alkanes of at least 4 members (excludes halogenated alkanes) is 1. The van der Waals surface area contributed by atoms with E-state index in [1.165, 1.54) is 0 Å². The van der Waals surface area contributed by atoms with Crippen molar-refractivity contribution in [3.05, 3.63) is 35.9 Å². The Labute approximate surface area is 116 Å². The fourth-order valence-corrected chi connectivity index (χ4v) is 2.32. The van der Waals surface area contributed by atoms with E-state index in [0.29, 0.717) is 6.54 Å². The molecule has 1 unspecified atom stereocenters. The molecule has 1 aromatic carbocycles. The number of ketones is 1. The molecule has 1 N–H and O–H groups in total. The largest absolute Gasteiger partial charge is 0.395 e. The number of aliphatic hydroxyl groups excluding tert-OH is 1. The Kier molecular flexibility index (Phi) is 7.38. The molecular weight excluding hydrogens is 238 g/mol. The van der Waals surface area contributed by atoms with Gasteiger partial charge in [-0.2, -0.15) is 0 Å². The van der Waals surface area contributed by atoms with Crippen LogP contribution in [0.4, 0.5) is 0 Å². The van der Waals surface area contributed by atoms with Gasteiger partial charge in [0.15, 0.2) is 5.78 Å². The van der Waals surface area contributed by atoms with Crippen LogP contribution in [0.2, 0.25) is 0 Å². The summed E-state index contributed by atoms with van der Waals surface area (Å²) >= 11 is 0. The fourth-order valence-electron chi connectivity index (χ4n) is 2.32. The van der Waals surface area contributed by atoms with Crippen LogP contribution in [-0.2, 0) is 0 Å². The summed E-state index contributed by atoms with van der Waals surface area (Å²) in [4.78, 5) is 14.6. The van der Waals surface area contributed by atoms with Gasteiger partial charge in [0.1, 0.15) is 0 Å². The maximum Gasteiger partial charge on any atom is 0.179 e. The molecule has 0 saturated heterocycles. The third kappa shape index (κ3) is 4.77. The van der Waals surface area contributed by atoms with Crippen molar-refractivity contribution in [3.8, 4) is 0 Å². The predicted molar refractivity (Wildman–Crippen MR) is 78.4 cm³/mol. The van der Waals surface area contributed by atoms with Gasteiger partial charge in [-0.15, -0.1) is 0 Å². The minimum absolute atomic E-state index is 0.0995. The lowest BCUT2D eigenvalue weighted by Gasteiger charge is -2.29. The van der Waals surface area contributed by atoms with Crippen molar-refractivity contribution in [1.29, 1.82) is 0 Å². The normalized spacial score (nSPS) is 12.6. The number of hydrogen-bond donors (Lipinski definition) is 1. The number of carbonyl (C=O) groups is 1. The van der Waals surface area contributed by atoms with Crippen LogP contribution in [-0.4, -0.2) is 41.5 Å². The minimum Gasteiger partial charge on any atom is -0.395 e. The molecule has 0 bridgehead atoms. The third-order valence-corrected chi connectivity index (χ3v) is 3.37. The summed E-state index contributed by atoms with van der Waals surface area (Å²) in [6.45, 7) is 5.70. The molecule has 1 aromatic rings. The lowest BCUT2D eigenvalue weighted by atomic mass is 10.0. The molecule has 3 heteroatoms. The Hall–Kier alpha value is -1.19. The summed E-state index contributed by atoms with van der Waals surface area (Å²) < 4.78 is 0. The topological polar surface area (TPSA) is 40.5 Å². The summed E-state index contributed by atoms with van der Waals surface area (Å²) in [5.74, 6) is 0.160. The first-order valence-corrected chi connectivity index (χ1v) is 7.18. The number of carbonyl (C=O) groups excluding carboxylic acids is 1. The summed E-state index contributed by atoms with van der Waals surface area (Å²) in [6.07, 6.45) is 2.92. The average Bonchev–Trinajstić information content (AvgIpc) is 2.46. The lowest BCUT2D eigenvalue weighted by molar-refractivity contribution is 0.0773. The standard InChI is InChI=1S/C16H25NO2/c1-3-5-11-17(12-13-18)15(4-2)16(19)14-9-7-6-8-10-14/h6-10,15,18H,3-5,11-13H2,1-2H3. The molecule has 1 rings (SSSR count). The first-order chi connectivity index (χ1) is 9.24. The van der Waals surface area contributed by atoms with E-state index in [1.807, 2.05) is 37.3 Å². The van der Waals surface area contributed by atoms with Crippen LogP contribution in [0.1, 0.15) is 43.5 Å². The fraction of sp³-hybridized carbons (Fsp3) is 0.562. The van der Waals surface area contributed by atoms with Gasteiger partial charge in [-0.3, -0.25) is 9.69 Å². The van der Waals surface area contributed by atoms with E-state index >= 15 is 0 Å². The number of hydrogen-bond acceptors (Lipinski definition) is 3. The Morgan fingerprint density at radius 1 is 1.21 bits per heavy atom. The number of nitrogens with zero attached hydrogens (tertiary/aromatic N) is 1. The molecule has 0 spiro atoms. The zero-order valence-electron chi connectivity index (χ0n) is 12.0. The van der Waals surface area contributed by atoms with Crippen molar-refractivity contribution in [2.45, 2.75) is 39.2 Å². The number of rotatable bonds is 9. The van der Waals surface area contributed by atoms with E-state index in [9.17, 15) is 9.90 Å². The number of benzene rings is 1. The molecule has 0 saturated carbocycles. The molecule has 0 amide bonds. The zero-order chi connectivity index (χ0) is 14.1. The SMILES string of the molecule is CCCCN(CCO)C(CC)C(=O)c1ccccc1. The van der Waals surface area contributed by atoms with Gasteiger partial charge in [-0.1, -0.05) is 50.6 Å². The van der Waals surface area contributed by atoms with Crippen molar-refractivity contribution in [2.24, 2.45) is 0 Å². The van der Waals surface area contributed by atoms with Gasteiger partial charge in [0.2, 0.25) is 0 Å². The highest BCUT2D eigenvalue weighted by Gasteiger charge is 2.24. The molecule has 19 heavy (non-hydrogen) atoms. The molecule has 0 aliphatic carbocycles. The minimum atomic E-state index is -0.124. The Bertz CT molecular complexity index is 364. The summed E-state index contributed by atoms with van der Waals surface area (Å²) in [5.41, 5.74) is 0.758. The van der Waals surface area contributed by atoms with Crippen molar-refractivity contribution in [1.82, 2.24) is 4.90 Å². The summed E-state index contributed by atoms with van der Waals surface area (Å²) in [6, 6.07) is 9.30. The highest BCUT2D eigenvalue weighted by Crippen LogP contribution is 2.13. The second-order valence-corrected chi connectivity index (χ2v) is 4.77. The van der Waals surface area contributed by atoms with Gasteiger partial charge >= 0.3 is 0 Å². The first kappa shape index (κ1) is 15.9. The molecule has 3 nitrogen and oxygen atoms in total. The van der Waals surface area contributed by atoms with Crippen LogP contribution < -0.4 is 0 Å². The maximum atomic E-state index is 12.5. The smallest absolute Gasteiger partial charge is 0.179 e. The molecule has 0 aliphatic heterocycles. The molecule has 0 radical (unpaired) electrons. The Morgan fingerprint density at radius 2 is 1.89 bits per heavy atom. The van der Waals surface area contributed by atoms with Crippen LogP contribution in [0.5, 0.6) is 0 Å². The number of aliphatic hydroxyl groups is 1. The van der Waals surface area contributed by atoms with Gasteiger partial charge in [-0.25, -0.2) is 0 Å². The Balaban J connectivity index is 2.80. The maximum absolute atomic E-state index is 12.5. The first-order valence-electron chi connectivity index (χ1n) is 7.18. The van der Waals surface area contributed by atoms with Gasteiger partial charge in [0.25, 0.3) is 0 Å². The van der Waals surface area contributed by atoms with Crippen LogP contribution >= 0.6 is 0 Å². The predicted octanol–water partition coefficient (Wildman–Crippen LogP) is 2.74. The highest BCUT2D eigenvalue weighted by molar-refractivity contribution is 6.00. The monoisotopic (exact) mass is 263 g/mol. The van der Waals surface area contributed by atoms with E-state index in [0.717, 1.165) is 31.4 Å². The van der Waals surface area contributed by atoms with Crippen molar-refractivity contribution in [3.63, 3.8) is 0 Å². The zero-order valence-corrected chi connectivity index (χ0v) is 12.0. The molecule has 0 aliphatic rings. The third-order valence-electron chi connectivity index (χ3n) is 3.37. The highest BCUT2D eigenvalue weighted by atomic mass is 16.3. The van der Waals surface area contributed by atoms with Crippen molar-refractivity contribution in [2.75, 3.05) is 19.7 Å². The van der Waals surface area contributed by atoms with Crippen LogP contribution in [0.25, 0.3) is 0 Å². The molecular formula is C16H25NO2. The van der Waals surface area contributed by atoms with Gasteiger partial charge in [0, 0.05) is 12.1 Å². The van der Waals surface area contributed by atoms with E-state index in [-0.39, 0.29) is 18.4 Å². The second-order valence-electron chi connectivity index (χ2n) is 4.77. The average molecular weight is 263 g/mol. The second kappa shape index (κ2) is 8.83. The van der Waals surface area contributed by atoms with Crippen LogP contribution in [0.3, 0.4) is 0 Å². The molecule has 106 valence electrons. The molecule has 0 heterocycles. The Morgan fingerprint density at radius 3 is 2.42 bits per heavy atom. The van der Waals surface area contributed by atoms with Crippen molar-refractivity contribution < 1.29 is 9.90 Å². The summed E-state index contributed by atoms with van der Waals surface area (Å²) in [7, 11) is 0. The van der Waals surface area contributed by atoms with E-state index in [4.69, 9.17) is 0 Å². The van der Waals surface area contributed by atoms with E-state index < -0.39 is 0 Å². The van der Waals surface area contributed by atoms with Gasteiger partial charge in [-0.05, 0) is 19.4 Å². The number of Topliss-reactive ketones (excluding diaryl/α,β-unsaturated/α-hetero) is 1. The van der Waals surface area contributed by atoms with E-state index in [1.54, 1.807) is 0 Å². The summed E-state index contributed by atoms with van der Waals surface area (Å²) in [5, 5.41) is 9.18. The quantitative estimate of drug-likeness (QED) is 0.696. The van der Waals surface area contributed by atoms with Crippen LogP contribution in [0.15, 0.2) is 30.3 Å². The van der Waals surface area contributed by atoms with Crippen molar-refractivity contribution >= 4 is 5.78 Å².